The van der Waals surface area contributed by atoms with Crippen LogP contribution >= 0.6 is 31.9 Å². The number of alkyl halides is 2. The Balaban J connectivity index is 3.30. The summed E-state index contributed by atoms with van der Waals surface area (Å²) < 4.78 is 0. The second kappa shape index (κ2) is 4.89. The van der Waals surface area contributed by atoms with Crippen LogP contribution in [-0.2, 0) is 10.7 Å². The molecule has 0 bridgehead atoms. The Labute approximate surface area is 98.9 Å². The van der Waals surface area contributed by atoms with Crippen LogP contribution in [0.5, 0.6) is 0 Å². The number of nitrogens with zero attached hydrogens (tertiary/aromatic N) is 1. The highest BCUT2D eigenvalue weighted by molar-refractivity contribution is 9.09. The van der Waals surface area contributed by atoms with E-state index >= 15 is 0 Å². The van der Waals surface area contributed by atoms with Crippen molar-refractivity contribution in [1.82, 2.24) is 0 Å². The van der Waals surface area contributed by atoms with Crippen molar-refractivity contribution in [2.24, 2.45) is 0 Å². The van der Waals surface area contributed by atoms with Gasteiger partial charge in [0.05, 0.1) is 4.92 Å². The van der Waals surface area contributed by atoms with Gasteiger partial charge in [0.15, 0.2) is 0 Å². The van der Waals surface area contributed by atoms with Gasteiger partial charge in [-0.1, -0.05) is 31.9 Å². The number of nitro groups is 1. The molecule has 0 saturated carbocycles. The van der Waals surface area contributed by atoms with E-state index in [4.69, 9.17) is 0 Å². The van der Waals surface area contributed by atoms with Crippen LogP contribution in [0.25, 0.3) is 0 Å². The van der Waals surface area contributed by atoms with E-state index in [9.17, 15) is 10.1 Å². The summed E-state index contributed by atoms with van der Waals surface area (Å²) in [6.07, 6.45) is 0. The van der Waals surface area contributed by atoms with Crippen LogP contribution in [0.15, 0.2) is 12.1 Å². The number of nitro benzene ring substituents is 1. The highest BCUT2D eigenvalue weighted by atomic mass is 79.9. The second-order valence-corrected chi connectivity index (χ2v) is 4.05. The van der Waals surface area contributed by atoms with Crippen LogP contribution in [0.1, 0.15) is 16.7 Å². The second-order valence-electron chi connectivity index (χ2n) is 2.93. The van der Waals surface area contributed by atoms with Gasteiger partial charge in [-0.05, 0) is 24.1 Å². The summed E-state index contributed by atoms with van der Waals surface area (Å²) in [4.78, 5) is 10.3. The molecule has 0 aliphatic heterocycles. The average Bonchev–Trinajstić information content (AvgIpc) is 2.16. The van der Waals surface area contributed by atoms with Crippen molar-refractivity contribution >= 4 is 37.5 Å². The molecule has 0 spiro atoms. The van der Waals surface area contributed by atoms with Gasteiger partial charge >= 0.3 is 0 Å². The van der Waals surface area contributed by atoms with Crippen molar-refractivity contribution in [2.45, 2.75) is 17.6 Å². The molecular formula is C9H9Br2NO2. The first kappa shape index (κ1) is 11.7. The lowest BCUT2D eigenvalue weighted by molar-refractivity contribution is -0.385. The molecule has 3 nitrogen and oxygen atoms in total. The SMILES string of the molecule is Cc1cc(CBr)c(CBr)cc1[N+](=O)[O-]. The summed E-state index contributed by atoms with van der Waals surface area (Å²) in [6, 6.07) is 3.48. The predicted octanol–water partition coefficient (Wildman–Crippen LogP) is 3.69. The molecule has 0 aliphatic carbocycles. The fourth-order valence-corrected chi connectivity index (χ4v) is 2.29. The zero-order chi connectivity index (χ0) is 10.7. The molecular weight excluding hydrogens is 314 g/mol. The molecule has 0 radical (unpaired) electrons. The van der Waals surface area contributed by atoms with Crippen molar-refractivity contribution < 1.29 is 4.92 Å². The number of rotatable bonds is 3. The Bertz CT molecular complexity index is 366. The standard InChI is InChI=1S/C9H9Br2NO2/c1-6-2-7(4-10)8(5-11)3-9(6)12(13)14/h2-3H,4-5H2,1H3. The summed E-state index contributed by atoms with van der Waals surface area (Å²) in [7, 11) is 0. The first-order chi connectivity index (χ1) is 6.60. The van der Waals surface area contributed by atoms with E-state index in [1.165, 1.54) is 0 Å². The van der Waals surface area contributed by atoms with Crippen molar-refractivity contribution in [1.29, 1.82) is 0 Å². The van der Waals surface area contributed by atoms with Crippen LogP contribution in [0.4, 0.5) is 5.69 Å². The van der Waals surface area contributed by atoms with Gasteiger partial charge in [0, 0.05) is 22.3 Å². The minimum Gasteiger partial charge on any atom is -0.258 e. The van der Waals surface area contributed by atoms with Crippen molar-refractivity contribution in [2.75, 3.05) is 0 Å². The minimum absolute atomic E-state index is 0.184. The van der Waals surface area contributed by atoms with Gasteiger partial charge in [-0.25, -0.2) is 0 Å². The molecule has 5 heteroatoms. The summed E-state index contributed by atoms with van der Waals surface area (Å²) in [5, 5.41) is 12.0. The molecule has 0 N–H and O–H groups in total. The molecule has 1 rings (SSSR count). The largest absolute Gasteiger partial charge is 0.272 e. The molecule has 1 aromatic rings. The Morgan fingerprint density at radius 2 is 1.79 bits per heavy atom. The van der Waals surface area contributed by atoms with Gasteiger partial charge < -0.3 is 0 Å². The Morgan fingerprint density at radius 1 is 1.29 bits per heavy atom. The highest BCUT2D eigenvalue weighted by Crippen LogP contribution is 2.25. The summed E-state index contributed by atoms with van der Waals surface area (Å²) in [5.74, 6) is 0. The zero-order valence-corrected chi connectivity index (χ0v) is 10.8. The molecule has 0 atom stereocenters. The molecule has 76 valence electrons. The Morgan fingerprint density at radius 3 is 2.21 bits per heavy atom. The fourth-order valence-electron chi connectivity index (χ4n) is 1.25. The van der Waals surface area contributed by atoms with E-state index in [0.29, 0.717) is 16.2 Å². The average molecular weight is 323 g/mol. The van der Waals surface area contributed by atoms with Gasteiger partial charge in [0.1, 0.15) is 0 Å². The highest BCUT2D eigenvalue weighted by Gasteiger charge is 2.13. The van der Waals surface area contributed by atoms with Crippen molar-refractivity contribution in [3.63, 3.8) is 0 Å². The number of hydrogen-bond donors (Lipinski definition) is 0. The van der Waals surface area contributed by atoms with Crippen LogP contribution in [0, 0.1) is 17.0 Å². The molecule has 0 unspecified atom stereocenters. The lowest BCUT2D eigenvalue weighted by Crippen LogP contribution is -1.96. The van der Waals surface area contributed by atoms with E-state index in [0.717, 1.165) is 11.1 Å². The van der Waals surface area contributed by atoms with E-state index in [1.54, 1.807) is 13.0 Å². The predicted molar refractivity (Wildman–Crippen MR) is 63.1 cm³/mol. The third kappa shape index (κ3) is 2.33. The topological polar surface area (TPSA) is 43.1 Å². The van der Waals surface area contributed by atoms with Gasteiger partial charge in [-0.15, -0.1) is 0 Å². The number of hydrogen-bond acceptors (Lipinski definition) is 2. The summed E-state index contributed by atoms with van der Waals surface area (Å²) in [6.45, 7) is 1.75. The van der Waals surface area contributed by atoms with Crippen LogP contribution < -0.4 is 0 Å². The molecule has 1 aromatic carbocycles. The quantitative estimate of drug-likeness (QED) is 0.484. The van der Waals surface area contributed by atoms with Gasteiger partial charge in [-0.2, -0.15) is 0 Å². The molecule has 0 heterocycles. The number of halogens is 2. The maximum atomic E-state index is 10.7. The van der Waals surface area contributed by atoms with Crippen molar-refractivity contribution in [3.05, 3.63) is 38.9 Å². The lowest BCUT2D eigenvalue weighted by atomic mass is 10.1. The number of benzene rings is 1. The summed E-state index contributed by atoms with van der Waals surface area (Å²) in [5.41, 5.74) is 2.93. The smallest absolute Gasteiger partial charge is 0.258 e. The minimum atomic E-state index is -0.348. The maximum absolute atomic E-state index is 10.7. The fraction of sp³-hybridized carbons (Fsp3) is 0.333. The molecule has 0 fully saturated rings. The van der Waals surface area contributed by atoms with Crippen LogP contribution in [0.2, 0.25) is 0 Å². The van der Waals surface area contributed by atoms with Gasteiger partial charge in [0.2, 0.25) is 0 Å². The van der Waals surface area contributed by atoms with E-state index in [2.05, 4.69) is 31.9 Å². The monoisotopic (exact) mass is 321 g/mol. The molecule has 0 saturated heterocycles. The third-order valence-electron chi connectivity index (χ3n) is 2.00. The first-order valence-corrected chi connectivity index (χ1v) is 6.23. The van der Waals surface area contributed by atoms with Crippen LogP contribution in [0.3, 0.4) is 0 Å². The third-order valence-corrected chi connectivity index (χ3v) is 3.21. The van der Waals surface area contributed by atoms with Crippen molar-refractivity contribution in [3.8, 4) is 0 Å². The Kier molecular flexibility index (Phi) is 4.07. The molecule has 0 aliphatic rings. The maximum Gasteiger partial charge on any atom is 0.272 e. The van der Waals surface area contributed by atoms with Crippen LogP contribution in [-0.4, -0.2) is 4.92 Å². The number of aryl methyl sites for hydroxylation is 1. The summed E-state index contributed by atoms with van der Waals surface area (Å²) >= 11 is 6.67. The van der Waals surface area contributed by atoms with E-state index in [-0.39, 0.29) is 10.6 Å². The van der Waals surface area contributed by atoms with E-state index < -0.39 is 0 Å². The van der Waals surface area contributed by atoms with E-state index in [1.807, 2.05) is 6.07 Å². The molecule has 0 aromatic heterocycles. The van der Waals surface area contributed by atoms with Gasteiger partial charge in [0.25, 0.3) is 5.69 Å². The Hall–Kier alpha value is -0.420. The molecule has 0 amide bonds. The normalized spacial score (nSPS) is 10.2. The molecule has 14 heavy (non-hydrogen) atoms. The lowest BCUT2D eigenvalue weighted by Gasteiger charge is -2.06. The zero-order valence-electron chi connectivity index (χ0n) is 7.59. The van der Waals surface area contributed by atoms with Gasteiger partial charge in [-0.3, -0.25) is 10.1 Å². The first-order valence-electron chi connectivity index (χ1n) is 3.99.